The van der Waals surface area contributed by atoms with Crippen LogP contribution < -0.4 is 5.32 Å². The van der Waals surface area contributed by atoms with E-state index >= 15 is 0 Å². The first kappa shape index (κ1) is 11.8. The number of rotatable bonds is 4. The molecule has 90 valence electrons. The van der Waals surface area contributed by atoms with Crippen LogP contribution in [0.15, 0.2) is 30.5 Å². The number of aryl methyl sites for hydroxylation is 1. The van der Waals surface area contributed by atoms with E-state index in [0.29, 0.717) is 11.3 Å². The minimum atomic E-state index is -0.231. The molecule has 0 radical (unpaired) electrons. The highest BCUT2D eigenvalue weighted by molar-refractivity contribution is 5.59. The molecule has 0 bridgehead atoms. The highest BCUT2D eigenvalue weighted by atomic mass is 19.1. The Kier molecular flexibility index (Phi) is 3.54. The van der Waals surface area contributed by atoms with Crippen molar-refractivity contribution in [1.29, 1.82) is 0 Å². The molecule has 2 rings (SSSR count). The molecular formula is C13H16FN3. The summed E-state index contributed by atoms with van der Waals surface area (Å²) in [5, 5.41) is 3.08. The zero-order valence-electron chi connectivity index (χ0n) is 10.1. The van der Waals surface area contributed by atoms with E-state index in [-0.39, 0.29) is 5.82 Å². The van der Waals surface area contributed by atoms with Crippen LogP contribution in [-0.2, 0) is 13.5 Å². The molecule has 17 heavy (non-hydrogen) atoms. The van der Waals surface area contributed by atoms with E-state index in [4.69, 9.17) is 0 Å². The third-order valence-electron chi connectivity index (χ3n) is 2.72. The summed E-state index contributed by atoms with van der Waals surface area (Å²) in [7, 11) is 3.84. The molecular weight excluding hydrogens is 217 g/mol. The van der Waals surface area contributed by atoms with Crippen LogP contribution in [0.1, 0.15) is 5.82 Å². The van der Waals surface area contributed by atoms with E-state index in [2.05, 4.69) is 10.3 Å². The first-order valence-electron chi connectivity index (χ1n) is 5.64. The van der Waals surface area contributed by atoms with Gasteiger partial charge in [-0.25, -0.2) is 9.37 Å². The Morgan fingerprint density at radius 1 is 1.35 bits per heavy atom. The summed E-state index contributed by atoms with van der Waals surface area (Å²) in [6, 6.07) is 6.71. The van der Waals surface area contributed by atoms with Crippen LogP contribution in [0, 0.1) is 5.82 Å². The van der Waals surface area contributed by atoms with Crippen molar-refractivity contribution in [1.82, 2.24) is 14.9 Å². The highest BCUT2D eigenvalue weighted by Gasteiger charge is 2.10. The minimum Gasteiger partial charge on any atom is -0.337 e. The van der Waals surface area contributed by atoms with Gasteiger partial charge < -0.3 is 9.88 Å². The number of likely N-dealkylation sites (N-methyl/N-ethyl adjacent to an activating group) is 1. The Balaban J connectivity index is 2.31. The fourth-order valence-electron chi connectivity index (χ4n) is 1.77. The Morgan fingerprint density at radius 2 is 2.12 bits per heavy atom. The number of halogens is 1. The molecule has 0 spiro atoms. The molecule has 0 saturated heterocycles. The quantitative estimate of drug-likeness (QED) is 0.875. The van der Waals surface area contributed by atoms with Gasteiger partial charge in [0.2, 0.25) is 0 Å². The zero-order chi connectivity index (χ0) is 12.3. The Morgan fingerprint density at radius 3 is 2.82 bits per heavy atom. The second kappa shape index (κ2) is 5.10. The average molecular weight is 233 g/mol. The van der Waals surface area contributed by atoms with Crippen molar-refractivity contribution in [3.63, 3.8) is 0 Å². The van der Waals surface area contributed by atoms with Gasteiger partial charge in [0.15, 0.2) is 0 Å². The molecule has 4 heteroatoms. The Labute approximate surface area is 100 Å². The van der Waals surface area contributed by atoms with Crippen LogP contribution in [0.3, 0.4) is 0 Å². The molecule has 0 atom stereocenters. The minimum absolute atomic E-state index is 0.231. The summed E-state index contributed by atoms with van der Waals surface area (Å²) in [6.07, 6.45) is 2.70. The van der Waals surface area contributed by atoms with Crippen LogP contribution in [0.4, 0.5) is 4.39 Å². The van der Waals surface area contributed by atoms with Crippen molar-refractivity contribution >= 4 is 0 Å². The van der Waals surface area contributed by atoms with Gasteiger partial charge in [-0.1, -0.05) is 12.1 Å². The lowest BCUT2D eigenvalue weighted by molar-refractivity contribution is 0.631. The largest absolute Gasteiger partial charge is 0.337 e. The number of nitrogens with one attached hydrogen (secondary N) is 1. The second-order valence-electron chi connectivity index (χ2n) is 3.99. The van der Waals surface area contributed by atoms with Gasteiger partial charge in [0.05, 0.1) is 5.69 Å². The molecule has 2 aromatic rings. The maximum absolute atomic E-state index is 13.6. The number of hydrogen-bond donors (Lipinski definition) is 1. The van der Waals surface area contributed by atoms with Crippen molar-refractivity contribution < 1.29 is 4.39 Å². The third-order valence-corrected chi connectivity index (χ3v) is 2.72. The first-order valence-corrected chi connectivity index (χ1v) is 5.64. The Hall–Kier alpha value is -1.68. The predicted molar refractivity (Wildman–Crippen MR) is 66.2 cm³/mol. The van der Waals surface area contributed by atoms with Gasteiger partial charge in [-0.15, -0.1) is 0 Å². The number of aromatic nitrogens is 2. The topological polar surface area (TPSA) is 29.9 Å². The van der Waals surface area contributed by atoms with Crippen LogP contribution in [-0.4, -0.2) is 23.1 Å². The lowest BCUT2D eigenvalue weighted by Crippen LogP contribution is -2.12. The lowest BCUT2D eigenvalue weighted by Gasteiger charge is -1.99. The van der Waals surface area contributed by atoms with Crippen LogP contribution >= 0.6 is 0 Å². The predicted octanol–water partition coefficient (Wildman–Crippen LogP) is 1.99. The van der Waals surface area contributed by atoms with E-state index in [1.807, 2.05) is 30.9 Å². The molecule has 1 aromatic heterocycles. The molecule has 1 heterocycles. The van der Waals surface area contributed by atoms with Crippen LogP contribution in [0.25, 0.3) is 11.3 Å². The maximum atomic E-state index is 13.6. The van der Waals surface area contributed by atoms with Crippen molar-refractivity contribution in [3.8, 4) is 11.3 Å². The van der Waals surface area contributed by atoms with Crippen molar-refractivity contribution in [2.75, 3.05) is 13.6 Å². The SMILES string of the molecule is CNCCc1nc(-c2ccccc2F)cn1C. The molecule has 0 unspecified atom stereocenters. The van der Waals surface area contributed by atoms with Gasteiger partial charge in [0.1, 0.15) is 11.6 Å². The fourth-order valence-corrected chi connectivity index (χ4v) is 1.77. The molecule has 1 aromatic carbocycles. The highest BCUT2D eigenvalue weighted by Crippen LogP contribution is 2.21. The van der Waals surface area contributed by atoms with Gasteiger partial charge in [0.25, 0.3) is 0 Å². The Bertz CT molecular complexity index is 505. The van der Waals surface area contributed by atoms with Crippen LogP contribution in [0.2, 0.25) is 0 Å². The standard InChI is InChI=1S/C13H16FN3/c1-15-8-7-13-16-12(9-17(13)2)10-5-3-4-6-11(10)14/h3-6,9,15H,7-8H2,1-2H3. The van der Waals surface area contributed by atoms with Crippen molar-refractivity contribution in [2.45, 2.75) is 6.42 Å². The molecule has 0 aliphatic carbocycles. The van der Waals surface area contributed by atoms with E-state index in [0.717, 1.165) is 18.8 Å². The van der Waals surface area contributed by atoms with E-state index in [9.17, 15) is 4.39 Å². The molecule has 3 nitrogen and oxygen atoms in total. The molecule has 0 aliphatic rings. The molecule has 0 fully saturated rings. The normalized spacial score (nSPS) is 10.8. The maximum Gasteiger partial charge on any atom is 0.132 e. The van der Waals surface area contributed by atoms with Gasteiger partial charge in [-0.05, 0) is 19.2 Å². The number of benzene rings is 1. The van der Waals surface area contributed by atoms with E-state index in [1.165, 1.54) is 6.07 Å². The van der Waals surface area contributed by atoms with Gasteiger partial charge in [-0.2, -0.15) is 0 Å². The fraction of sp³-hybridized carbons (Fsp3) is 0.308. The monoisotopic (exact) mass is 233 g/mol. The number of hydrogen-bond acceptors (Lipinski definition) is 2. The third kappa shape index (κ3) is 2.53. The van der Waals surface area contributed by atoms with Gasteiger partial charge in [0, 0.05) is 31.8 Å². The van der Waals surface area contributed by atoms with Crippen LogP contribution in [0.5, 0.6) is 0 Å². The lowest BCUT2D eigenvalue weighted by atomic mass is 10.1. The molecule has 1 N–H and O–H groups in total. The summed E-state index contributed by atoms with van der Waals surface area (Å²) < 4.78 is 15.6. The average Bonchev–Trinajstić information content (AvgIpc) is 2.68. The van der Waals surface area contributed by atoms with E-state index < -0.39 is 0 Å². The van der Waals surface area contributed by atoms with Crippen molar-refractivity contribution in [2.24, 2.45) is 7.05 Å². The van der Waals surface area contributed by atoms with Gasteiger partial charge in [-0.3, -0.25) is 0 Å². The summed E-state index contributed by atoms with van der Waals surface area (Å²) in [6.45, 7) is 0.863. The van der Waals surface area contributed by atoms with E-state index in [1.54, 1.807) is 12.1 Å². The molecule has 0 saturated carbocycles. The summed E-state index contributed by atoms with van der Waals surface area (Å²) in [5.41, 5.74) is 1.25. The second-order valence-corrected chi connectivity index (χ2v) is 3.99. The number of imidazole rings is 1. The summed E-state index contributed by atoms with van der Waals surface area (Å²) >= 11 is 0. The molecule has 0 aliphatic heterocycles. The first-order chi connectivity index (χ1) is 8.22. The van der Waals surface area contributed by atoms with Gasteiger partial charge >= 0.3 is 0 Å². The smallest absolute Gasteiger partial charge is 0.132 e. The molecule has 0 amide bonds. The number of nitrogens with zero attached hydrogens (tertiary/aromatic N) is 2. The van der Waals surface area contributed by atoms with Crippen molar-refractivity contribution in [3.05, 3.63) is 42.1 Å². The summed E-state index contributed by atoms with van der Waals surface area (Å²) in [5.74, 6) is 0.725. The summed E-state index contributed by atoms with van der Waals surface area (Å²) in [4.78, 5) is 4.46. The zero-order valence-corrected chi connectivity index (χ0v) is 10.1.